The fourth-order valence-electron chi connectivity index (χ4n) is 3.47. The first kappa shape index (κ1) is 15.4. The van der Waals surface area contributed by atoms with Crippen LogP contribution >= 0.6 is 11.3 Å². The third kappa shape index (κ3) is 2.53. The van der Waals surface area contributed by atoms with E-state index in [0.717, 1.165) is 17.8 Å². The number of carbonyl (C=O) groups excluding carboxylic acids is 2. The number of aryl methyl sites for hydroxylation is 1. The quantitative estimate of drug-likeness (QED) is 0.839. The second-order valence-electron chi connectivity index (χ2n) is 6.58. The standard InChI is InChI=1S/C19H20N2O2S/c1-12-7-8-17(24-12)13-11-14(13)19(23)21-10-9-18(22)20(2)15-5-3-4-6-16(15)21/h3-8,13-14H,9-11H2,1-2H3/t13-,14+/m0/s1. The Balaban J connectivity index is 1.61. The maximum atomic E-state index is 13.1. The van der Waals surface area contributed by atoms with Gasteiger partial charge in [0, 0.05) is 41.6 Å². The normalized spacial score (nSPS) is 23.0. The Morgan fingerprint density at radius 2 is 1.92 bits per heavy atom. The highest BCUT2D eigenvalue weighted by atomic mass is 32.1. The second-order valence-corrected chi connectivity index (χ2v) is 7.90. The van der Waals surface area contributed by atoms with Crippen LogP contribution in [0.15, 0.2) is 36.4 Å². The molecule has 24 heavy (non-hydrogen) atoms. The van der Waals surface area contributed by atoms with Crippen molar-refractivity contribution in [2.45, 2.75) is 25.7 Å². The highest BCUT2D eigenvalue weighted by Gasteiger charge is 2.47. The van der Waals surface area contributed by atoms with Gasteiger partial charge in [-0.25, -0.2) is 0 Å². The van der Waals surface area contributed by atoms with Crippen LogP contribution in [0.2, 0.25) is 0 Å². The zero-order valence-electron chi connectivity index (χ0n) is 13.9. The largest absolute Gasteiger partial charge is 0.313 e. The Hall–Kier alpha value is -2.14. The van der Waals surface area contributed by atoms with Crippen molar-refractivity contribution >= 4 is 34.5 Å². The summed E-state index contributed by atoms with van der Waals surface area (Å²) in [6.07, 6.45) is 1.29. The Morgan fingerprint density at radius 1 is 1.17 bits per heavy atom. The van der Waals surface area contributed by atoms with E-state index < -0.39 is 0 Å². The van der Waals surface area contributed by atoms with Gasteiger partial charge in [0.05, 0.1) is 11.4 Å². The maximum Gasteiger partial charge on any atom is 0.230 e. The lowest BCUT2D eigenvalue weighted by atomic mass is 10.2. The van der Waals surface area contributed by atoms with Crippen LogP contribution < -0.4 is 9.80 Å². The predicted molar refractivity (Wildman–Crippen MR) is 96.7 cm³/mol. The van der Waals surface area contributed by atoms with Gasteiger partial charge in [-0.05, 0) is 37.6 Å². The molecule has 2 aromatic rings. The predicted octanol–water partition coefficient (Wildman–Crippen LogP) is 3.56. The summed E-state index contributed by atoms with van der Waals surface area (Å²) in [5.41, 5.74) is 1.67. The molecule has 1 saturated carbocycles. The van der Waals surface area contributed by atoms with E-state index in [2.05, 4.69) is 19.1 Å². The summed E-state index contributed by atoms with van der Waals surface area (Å²) in [6.45, 7) is 2.56. The number of fused-ring (bicyclic) bond motifs is 1. The molecule has 2 aliphatic rings. The first-order chi connectivity index (χ1) is 11.6. The number of amides is 2. The van der Waals surface area contributed by atoms with E-state index in [1.165, 1.54) is 9.75 Å². The highest BCUT2D eigenvalue weighted by molar-refractivity contribution is 7.12. The van der Waals surface area contributed by atoms with Crippen LogP contribution in [0.3, 0.4) is 0 Å². The van der Waals surface area contributed by atoms with Crippen molar-refractivity contribution < 1.29 is 9.59 Å². The van der Waals surface area contributed by atoms with Gasteiger partial charge in [0.15, 0.2) is 0 Å². The topological polar surface area (TPSA) is 40.6 Å². The third-order valence-corrected chi connectivity index (χ3v) is 6.09. The summed E-state index contributed by atoms with van der Waals surface area (Å²) in [6, 6.07) is 11.9. The van der Waals surface area contributed by atoms with Crippen LogP contribution in [-0.4, -0.2) is 25.4 Å². The van der Waals surface area contributed by atoms with Gasteiger partial charge >= 0.3 is 0 Å². The number of hydrogen-bond acceptors (Lipinski definition) is 3. The number of anilines is 2. The first-order valence-corrected chi connectivity index (χ1v) is 9.11. The van der Waals surface area contributed by atoms with E-state index >= 15 is 0 Å². The maximum absolute atomic E-state index is 13.1. The molecule has 2 heterocycles. The summed E-state index contributed by atoms with van der Waals surface area (Å²) in [5.74, 6) is 0.607. The molecule has 1 fully saturated rings. The molecule has 1 aromatic heterocycles. The molecule has 124 valence electrons. The van der Waals surface area contributed by atoms with E-state index in [0.29, 0.717) is 18.9 Å². The van der Waals surface area contributed by atoms with Gasteiger partial charge in [-0.15, -0.1) is 11.3 Å². The number of para-hydroxylation sites is 2. The molecule has 1 aliphatic heterocycles. The number of benzene rings is 1. The average molecular weight is 340 g/mol. The van der Waals surface area contributed by atoms with Gasteiger partial charge in [-0.1, -0.05) is 12.1 Å². The molecule has 4 rings (SSSR count). The van der Waals surface area contributed by atoms with Gasteiger partial charge in [-0.3, -0.25) is 9.59 Å². The molecule has 2 atom stereocenters. The SMILES string of the molecule is Cc1ccc([C@H]2C[C@H]2C(=O)N2CCC(=O)N(C)c3ccccc32)s1. The smallest absolute Gasteiger partial charge is 0.230 e. The summed E-state index contributed by atoms with van der Waals surface area (Å²) in [4.78, 5) is 31.4. The number of hydrogen-bond donors (Lipinski definition) is 0. The Labute approximate surface area is 145 Å². The number of carbonyl (C=O) groups is 2. The molecule has 0 unspecified atom stereocenters. The van der Waals surface area contributed by atoms with Crippen LogP contribution in [-0.2, 0) is 9.59 Å². The first-order valence-electron chi connectivity index (χ1n) is 8.29. The van der Waals surface area contributed by atoms with Crippen molar-refractivity contribution in [1.82, 2.24) is 0 Å². The second kappa shape index (κ2) is 5.74. The van der Waals surface area contributed by atoms with Gasteiger partial charge in [-0.2, -0.15) is 0 Å². The van der Waals surface area contributed by atoms with Crippen LogP contribution in [0.4, 0.5) is 11.4 Å². The summed E-state index contributed by atoms with van der Waals surface area (Å²) >= 11 is 1.78. The minimum atomic E-state index is 0.0506. The lowest BCUT2D eigenvalue weighted by Crippen LogP contribution is -2.33. The molecule has 5 heteroatoms. The zero-order chi connectivity index (χ0) is 16.8. The molecule has 0 spiro atoms. The lowest BCUT2D eigenvalue weighted by Gasteiger charge is -2.23. The lowest BCUT2D eigenvalue weighted by molar-refractivity contribution is -0.120. The van der Waals surface area contributed by atoms with Crippen LogP contribution in [0, 0.1) is 12.8 Å². The van der Waals surface area contributed by atoms with Gasteiger partial charge in [0.2, 0.25) is 11.8 Å². The van der Waals surface area contributed by atoms with E-state index in [9.17, 15) is 9.59 Å². The molecule has 1 aliphatic carbocycles. The van der Waals surface area contributed by atoms with Crippen molar-refractivity contribution in [3.63, 3.8) is 0 Å². The molecular formula is C19H20N2O2S. The molecular weight excluding hydrogens is 320 g/mol. The number of nitrogens with zero attached hydrogens (tertiary/aromatic N) is 2. The minimum absolute atomic E-state index is 0.0506. The molecule has 4 nitrogen and oxygen atoms in total. The Bertz CT molecular complexity index is 813. The van der Waals surface area contributed by atoms with Crippen molar-refractivity contribution in [2.24, 2.45) is 5.92 Å². The van der Waals surface area contributed by atoms with Crippen molar-refractivity contribution in [2.75, 3.05) is 23.4 Å². The average Bonchev–Trinajstić information content (AvgIpc) is 3.30. The van der Waals surface area contributed by atoms with E-state index in [4.69, 9.17) is 0 Å². The molecule has 2 amide bonds. The van der Waals surface area contributed by atoms with Crippen molar-refractivity contribution in [3.05, 3.63) is 46.2 Å². The highest BCUT2D eigenvalue weighted by Crippen LogP contribution is 2.51. The Kier molecular flexibility index (Phi) is 3.68. The van der Waals surface area contributed by atoms with Crippen LogP contribution in [0.5, 0.6) is 0 Å². The molecule has 0 radical (unpaired) electrons. The number of rotatable bonds is 2. The summed E-state index contributed by atoms with van der Waals surface area (Å²) in [5, 5.41) is 0. The summed E-state index contributed by atoms with van der Waals surface area (Å²) < 4.78 is 0. The van der Waals surface area contributed by atoms with Gasteiger partial charge < -0.3 is 9.80 Å². The Morgan fingerprint density at radius 3 is 2.62 bits per heavy atom. The molecule has 0 saturated heterocycles. The molecule has 0 N–H and O–H groups in total. The van der Waals surface area contributed by atoms with Crippen molar-refractivity contribution in [3.8, 4) is 0 Å². The van der Waals surface area contributed by atoms with E-state index in [-0.39, 0.29) is 17.7 Å². The fourth-order valence-corrected chi connectivity index (χ4v) is 4.53. The van der Waals surface area contributed by atoms with E-state index in [1.54, 1.807) is 23.3 Å². The van der Waals surface area contributed by atoms with Gasteiger partial charge in [0.1, 0.15) is 0 Å². The van der Waals surface area contributed by atoms with Gasteiger partial charge in [0.25, 0.3) is 0 Å². The molecule has 0 bridgehead atoms. The molecule has 1 aromatic carbocycles. The van der Waals surface area contributed by atoms with E-state index in [1.807, 2.05) is 29.2 Å². The van der Waals surface area contributed by atoms with Crippen LogP contribution in [0.1, 0.15) is 28.5 Å². The minimum Gasteiger partial charge on any atom is -0.313 e. The number of thiophene rings is 1. The third-order valence-electron chi connectivity index (χ3n) is 4.96. The van der Waals surface area contributed by atoms with Crippen molar-refractivity contribution in [1.29, 1.82) is 0 Å². The summed E-state index contributed by atoms with van der Waals surface area (Å²) in [7, 11) is 1.78. The van der Waals surface area contributed by atoms with Crippen LogP contribution in [0.25, 0.3) is 0 Å². The fraction of sp³-hybridized carbons (Fsp3) is 0.368. The monoisotopic (exact) mass is 340 g/mol. The zero-order valence-corrected chi connectivity index (χ0v) is 14.7.